The molecule has 12 heavy (non-hydrogen) atoms. The summed E-state index contributed by atoms with van der Waals surface area (Å²) in [7, 11) is 0. The summed E-state index contributed by atoms with van der Waals surface area (Å²) in [4.78, 5) is 3.20. The van der Waals surface area contributed by atoms with E-state index in [9.17, 15) is 13.2 Å². The van der Waals surface area contributed by atoms with Crippen LogP contribution in [0.25, 0.3) is 0 Å². The van der Waals surface area contributed by atoms with Crippen molar-refractivity contribution in [3.8, 4) is 12.3 Å². The molecule has 0 aliphatic heterocycles. The molecule has 0 bridgehead atoms. The number of rotatable bonds is 0. The molecule has 0 atom stereocenters. The number of halogens is 3. The lowest BCUT2D eigenvalue weighted by Crippen LogP contribution is -2.08. The third-order valence-corrected chi connectivity index (χ3v) is 1.19. The molecule has 62 valence electrons. The smallest absolute Gasteiger partial charge is 0.235 e. The summed E-state index contributed by atoms with van der Waals surface area (Å²) in [5.74, 6) is 2.03. The Hall–Kier alpha value is -1.50. The molecule has 0 saturated carbocycles. The van der Waals surface area contributed by atoms with Gasteiger partial charge < -0.3 is 0 Å². The third-order valence-electron chi connectivity index (χ3n) is 1.19. The van der Waals surface area contributed by atoms with Crippen molar-refractivity contribution in [2.24, 2.45) is 0 Å². The summed E-state index contributed by atoms with van der Waals surface area (Å²) in [6, 6.07) is 3.45. The summed E-state index contributed by atoms with van der Waals surface area (Å²) in [5, 5.41) is 0. The quantitative estimate of drug-likeness (QED) is 0.544. The van der Waals surface area contributed by atoms with Crippen molar-refractivity contribution in [2.75, 3.05) is 0 Å². The first kappa shape index (κ1) is 8.60. The normalized spacial score (nSPS) is 10.8. The molecule has 0 unspecified atom stereocenters. The molecule has 0 fully saturated rings. The molecule has 0 N–H and O–H groups in total. The fourth-order valence-corrected chi connectivity index (χ4v) is 0.673. The molecule has 0 spiro atoms. The zero-order valence-electron chi connectivity index (χ0n) is 5.89. The topological polar surface area (TPSA) is 12.9 Å². The summed E-state index contributed by atoms with van der Waals surface area (Å²) in [6.07, 6.45) is 0.458. The maximum absolute atomic E-state index is 12.0. The molecule has 1 aromatic heterocycles. The molecular weight excluding hydrogens is 167 g/mol. The predicted octanol–water partition coefficient (Wildman–Crippen LogP) is 2.08. The Balaban J connectivity index is 3.13. The minimum absolute atomic E-state index is 0.00942. The average Bonchev–Trinajstić information content (AvgIpc) is 2.03. The van der Waals surface area contributed by atoms with Crippen molar-refractivity contribution in [3.05, 3.63) is 29.6 Å². The molecule has 0 saturated heterocycles. The summed E-state index contributed by atoms with van der Waals surface area (Å²) >= 11 is 0. The lowest BCUT2D eigenvalue weighted by atomic mass is 10.3. The first-order valence-corrected chi connectivity index (χ1v) is 3.05. The highest BCUT2D eigenvalue weighted by Gasteiger charge is 2.32. The molecular formula is C8H4F3N. The second kappa shape index (κ2) is 2.86. The lowest BCUT2D eigenvalue weighted by molar-refractivity contribution is -0.141. The molecule has 4 heteroatoms. The number of hydrogen-bond donors (Lipinski definition) is 0. The summed E-state index contributed by atoms with van der Waals surface area (Å²) in [5.41, 5.74) is -0.970. The van der Waals surface area contributed by atoms with Crippen molar-refractivity contribution in [1.82, 2.24) is 4.98 Å². The van der Waals surface area contributed by atoms with Gasteiger partial charge in [-0.3, -0.25) is 0 Å². The minimum Gasteiger partial charge on any atom is -0.235 e. The third kappa shape index (κ3) is 1.76. The highest BCUT2D eigenvalue weighted by molar-refractivity contribution is 5.26. The zero-order valence-corrected chi connectivity index (χ0v) is 5.89. The first-order valence-electron chi connectivity index (χ1n) is 3.05. The number of hydrogen-bond acceptors (Lipinski definition) is 1. The maximum Gasteiger partial charge on any atom is 0.433 e. The zero-order chi connectivity index (χ0) is 9.19. The summed E-state index contributed by atoms with van der Waals surface area (Å²) in [6.45, 7) is 0. The largest absolute Gasteiger partial charge is 0.433 e. The van der Waals surface area contributed by atoms with E-state index in [2.05, 4.69) is 4.98 Å². The number of alkyl halides is 3. The molecule has 1 nitrogen and oxygen atoms in total. The minimum atomic E-state index is -4.42. The first-order chi connectivity index (χ1) is 5.54. The van der Waals surface area contributed by atoms with Crippen LogP contribution in [0.2, 0.25) is 0 Å². The Kier molecular flexibility index (Phi) is 2.05. The Labute approximate surface area is 67.2 Å². The Morgan fingerprint density at radius 1 is 1.33 bits per heavy atom. The number of pyridine rings is 1. The van der Waals surface area contributed by atoms with Crippen molar-refractivity contribution in [1.29, 1.82) is 0 Å². The Bertz CT molecular complexity index is 322. The van der Waals surface area contributed by atoms with Crippen molar-refractivity contribution in [3.63, 3.8) is 0 Å². The average molecular weight is 171 g/mol. The van der Waals surface area contributed by atoms with Crippen LogP contribution in [0.4, 0.5) is 13.2 Å². The highest BCUT2D eigenvalue weighted by atomic mass is 19.4. The van der Waals surface area contributed by atoms with Crippen LogP contribution in [-0.2, 0) is 6.18 Å². The van der Waals surface area contributed by atoms with Gasteiger partial charge in [0, 0.05) is 0 Å². The van der Waals surface area contributed by atoms with Gasteiger partial charge in [-0.2, -0.15) is 13.2 Å². The fourth-order valence-electron chi connectivity index (χ4n) is 0.673. The number of aromatic nitrogens is 1. The van der Waals surface area contributed by atoms with E-state index in [1.54, 1.807) is 0 Å². The van der Waals surface area contributed by atoms with Gasteiger partial charge in [-0.05, 0) is 12.1 Å². The Morgan fingerprint density at radius 2 is 2.00 bits per heavy atom. The van der Waals surface area contributed by atoms with Crippen molar-refractivity contribution >= 4 is 0 Å². The molecule has 1 aromatic rings. The van der Waals surface area contributed by atoms with E-state index in [-0.39, 0.29) is 5.69 Å². The molecule has 0 aliphatic rings. The van der Waals surface area contributed by atoms with Crippen LogP contribution in [0.15, 0.2) is 18.2 Å². The van der Waals surface area contributed by atoms with Gasteiger partial charge in [-0.25, -0.2) is 4.98 Å². The van der Waals surface area contributed by atoms with Gasteiger partial charge in [0.25, 0.3) is 0 Å². The van der Waals surface area contributed by atoms with Gasteiger partial charge in [0.05, 0.1) is 0 Å². The van der Waals surface area contributed by atoms with Crippen LogP contribution < -0.4 is 0 Å². The van der Waals surface area contributed by atoms with Crippen molar-refractivity contribution in [2.45, 2.75) is 6.18 Å². The standard InChI is InChI=1S/C8H4F3N/c1-2-6-4-3-5-7(12-6)8(9,10)11/h1,3-5H. The molecule has 0 aromatic carbocycles. The SMILES string of the molecule is C#Cc1cccc(C(F)(F)F)n1. The monoisotopic (exact) mass is 171 g/mol. The van der Waals surface area contributed by atoms with Crippen molar-refractivity contribution < 1.29 is 13.2 Å². The number of nitrogens with zero attached hydrogens (tertiary/aromatic N) is 1. The van der Waals surface area contributed by atoms with Gasteiger partial charge >= 0.3 is 6.18 Å². The van der Waals surface area contributed by atoms with E-state index in [0.29, 0.717) is 0 Å². The maximum atomic E-state index is 12.0. The van der Waals surface area contributed by atoms with Crippen LogP contribution in [-0.4, -0.2) is 4.98 Å². The van der Waals surface area contributed by atoms with E-state index in [0.717, 1.165) is 6.07 Å². The molecule has 0 radical (unpaired) electrons. The molecule has 0 amide bonds. The van der Waals surface area contributed by atoms with E-state index >= 15 is 0 Å². The fraction of sp³-hybridized carbons (Fsp3) is 0.125. The van der Waals surface area contributed by atoms with Crippen LogP contribution >= 0.6 is 0 Å². The predicted molar refractivity (Wildman–Crippen MR) is 37.2 cm³/mol. The summed E-state index contributed by atoms with van der Waals surface area (Å²) < 4.78 is 35.9. The number of terminal acetylenes is 1. The van der Waals surface area contributed by atoms with Crippen LogP contribution in [0, 0.1) is 12.3 Å². The molecule has 1 rings (SSSR count). The second-order valence-electron chi connectivity index (χ2n) is 2.05. The van der Waals surface area contributed by atoms with E-state index in [1.807, 2.05) is 5.92 Å². The van der Waals surface area contributed by atoms with E-state index in [4.69, 9.17) is 6.42 Å². The van der Waals surface area contributed by atoms with E-state index in [1.165, 1.54) is 12.1 Å². The van der Waals surface area contributed by atoms with Crippen LogP contribution in [0.1, 0.15) is 11.4 Å². The second-order valence-corrected chi connectivity index (χ2v) is 2.05. The van der Waals surface area contributed by atoms with Crippen LogP contribution in [0.3, 0.4) is 0 Å². The van der Waals surface area contributed by atoms with Gasteiger partial charge in [0.1, 0.15) is 11.4 Å². The Morgan fingerprint density at radius 3 is 2.50 bits per heavy atom. The van der Waals surface area contributed by atoms with Crippen LogP contribution in [0.5, 0.6) is 0 Å². The molecule has 0 aliphatic carbocycles. The van der Waals surface area contributed by atoms with Gasteiger partial charge in [-0.15, -0.1) is 6.42 Å². The highest BCUT2D eigenvalue weighted by Crippen LogP contribution is 2.27. The van der Waals surface area contributed by atoms with E-state index < -0.39 is 11.9 Å². The van der Waals surface area contributed by atoms with Gasteiger partial charge in [-0.1, -0.05) is 12.0 Å². The van der Waals surface area contributed by atoms with Gasteiger partial charge in [0.15, 0.2) is 0 Å². The van der Waals surface area contributed by atoms with Gasteiger partial charge in [0.2, 0.25) is 0 Å². The molecule has 1 heterocycles. The lowest BCUT2D eigenvalue weighted by Gasteiger charge is -2.04.